The van der Waals surface area contributed by atoms with Crippen molar-refractivity contribution in [2.75, 3.05) is 17.7 Å². The Morgan fingerprint density at radius 1 is 0.919 bits per heavy atom. The summed E-state index contributed by atoms with van der Waals surface area (Å²) in [7, 11) is 1.59. The molecule has 0 atom stereocenters. The second kappa shape index (κ2) is 13.4. The van der Waals surface area contributed by atoms with E-state index in [1.54, 1.807) is 13.2 Å². The Bertz CT molecular complexity index is 1270. The molecule has 9 nitrogen and oxygen atoms in total. The summed E-state index contributed by atoms with van der Waals surface area (Å²) in [5.41, 5.74) is 2.73. The van der Waals surface area contributed by atoms with E-state index in [4.69, 9.17) is 4.74 Å². The standard InChI is InChI=1S/C27H30N6O3S/c1-36-22-13-7-5-11-20(22)18-25(35)29-27-33-32-26(37-27)14-8-6-12-21-15-16-23(31-30-21)28-24(34)17-19-9-3-2-4-10-19/h3,5,7,9-11,13,15-16H,2,4,6,8,12,14,17-18H2,1H3,(H,28,31,34)(H,29,33,35). The maximum Gasteiger partial charge on any atom is 0.230 e. The van der Waals surface area contributed by atoms with Gasteiger partial charge in [0.2, 0.25) is 16.9 Å². The van der Waals surface area contributed by atoms with Gasteiger partial charge >= 0.3 is 0 Å². The van der Waals surface area contributed by atoms with Gasteiger partial charge < -0.3 is 15.4 Å². The van der Waals surface area contributed by atoms with Gasteiger partial charge in [0.15, 0.2) is 5.82 Å². The average Bonchev–Trinajstić information content (AvgIpc) is 3.35. The fraction of sp³-hybridized carbons (Fsp3) is 0.333. The topological polar surface area (TPSA) is 119 Å². The number of carbonyl (C=O) groups excluding carboxylic acids is 2. The van der Waals surface area contributed by atoms with E-state index in [-0.39, 0.29) is 18.2 Å². The third-order valence-electron chi connectivity index (χ3n) is 5.75. The summed E-state index contributed by atoms with van der Waals surface area (Å²) >= 11 is 1.39. The minimum absolute atomic E-state index is 0.0905. The lowest BCUT2D eigenvalue weighted by atomic mass is 10.0. The molecule has 10 heteroatoms. The Morgan fingerprint density at radius 2 is 1.76 bits per heavy atom. The van der Waals surface area contributed by atoms with Crippen LogP contribution in [0.4, 0.5) is 10.9 Å². The number of benzene rings is 1. The van der Waals surface area contributed by atoms with E-state index < -0.39 is 0 Å². The zero-order valence-corrected chi connectivity index (χ0v) is 21.6. The van der Waals surface area contributed by atoms with Crippen molar-refractivity contribution >= 4 is 34.1 Å². The predicted molar refractivity (Wildman–Crippen MR) is 144 cm³/mol. The summed E-state index contributed by atoms with van der Waals surface area (Å²) in [6.07, 6.45) is 12.1. The summed E-state index contributed by atoms with van der Waals surface area (Å²) in [5.74, 6) is 0.897. The highest BCUT2D eigenvalue weighted by Gasteiger charge is 2.12. The van der Waals surface area contributed by atoms with E-state index in [0.29, 0.717) is 23.1 Å². The van der Waals surface area contributed by atoms with Crippen LogP contribution in [0.5, 0.6) is 5.75 Å². The maximum atomic E-state index is 12.4. The summed E-state index contributed by atoms with van der Waals surface area (Å²) in [6, 6.07) is 11.1. The Balaban J connectivity index is 1.15. The van der Waals surface area contributed by atoms with Crippen LogP contribution in [0.2, 0.25) is 0 Å². The van der Waals surface area contributed by atoms with Crippen molar-refractivity contribution in [2.45, 2.75) is 51.4 Å². The van der Waals surface area contributed by atoms with Crippen molar-refractivity contribution in [3.05, 3.63) is 76.5 Å². The van der Waals surface area contributed by atoms with Crippen molar-refractivity contribution in [1.82, 2.24) is 20.4 Å². The van der Waals surface area contributed by atoms with Gasteiger partial charge in [-0.05, 0) is 55.9 Å². The lowest BCUT2D eigenvalue weighted by Crippen LogP contribution is -2.14. The highest BCUT2D eigenvalue weighted by molar-refractivity contribution is 7.15. The molecule has 37 heavy (non-hydrogen) atoms. The van der Waals surface area contributed by atoms with Crippen LogP contribution in [-0.2, 0) is 28.9 Å². The smallest absolute Gasteiger partial charge is 0.230 e. The van der Waals surface area contributed by atoms with E-state index in [1.807, 2.05) is 36.4 Å². The van der Waals surface area contributed by atoms with Crippen molar-refractivity contribution in [1.29, 1.82) is 0 Å². The molecule has 0 bridgehead atoms. The van der Waals surface area contributed by atoms with Crippen molar-refractivity contribution < 1.29 is 14.3 Å². The number of amides is 2. The third kappa shape index (κ3) is 8.32. The highest BCUT2D eigenvalue weighted by atomic mass is 32.1. The van der Waals surface area contributed by atoms with Crippen LogP contribution < -0.4 is 15.4 Å². The van der Waals surface area contributed by atoms with Gasteiger partial charge in [-0.25, -0.2) is 0 Å². The molecule has 1 aromatic carbocycles. The van der Waals surface area contributed by atoms with Crippen LogP contribution in [0.25, 0.3) is 0 Å². The number of nitrogens with zero attached hydrogens (tertiary/aromatic N) is 4. The van der Waals surface area contributed by atoms with Gasteiger partial charge in [0.1, 0.15) is 10.8 Å². The number of unbranched alkanes of at least 4 members (excludes halogenated alkanes) is 1. The van der Waals surface area contributed by atoms with Crippen LogP contribution in [0, 0.1) is 0 Å². The van der Waals surface area contributed by atoms with Crippen molar-refractivity contribution in [3.8, 4) is 5.75 Å². The monoisotopic (exact) mass is 518 g/mol. The summed E-state index contributed by atoms with van der Waals surface area (Å²) in [4.78, 5) is 24.6. The number of rotatable bonds is 12. The normalized spacial score (nSPS) is 12.6. The number of carbonyl (C=O) groups is 2. The first-order chi connectivity index (χ1) is 18.1. The molecule has 0 spiro atoms. The van der Waals surface area contributed by atoms with Crippen LogP contribution in [-0.4, -0.2) is 39.3 Å². The lowest BCUT2D eigenvalue weighted by molar-refractivity contribution is -0.116. The molecule has 3 aromatic rings. The SMILES string of the molecule is COc1ccccc1CC(=O)Nc1nnc(CCCCc2ccc(NC(=O)CC3=CCCC=C3)nn2)s1. The number of para-hydroxylation sites is 1. The lowest BCUT2D eigenvalue weighted by Gasteiger charge is -2.07. The van der Waals surface area contributed by atoms with Gasteiger partial charge in [0, 0.05) is 12.0 Å². The maximum absolute atomic E-state index is 12.4. The molecule has 1 aliphatic carbocycles. The van der Waals surface area contributed by atoms with E-state index in [1.165, 1.54) is 11.3 Å². The van der Waals surface area contributed by atoms with Gasteiger partial charge in [-0.1, -0.05) is 47.8 Å². The molecule has 0 fully saturated rings. The minimum Gasteiger partial charge on any atom is -0.496 e. The molecule has 2 amide bonds. The Labute approximate surface area is 220 Å². The number of aryl methyl sites for hydroxylation is 2. The molecule has 192 valence electrons. The molecule has 4 rings (SSSR count). The van der Waals surface area contributed by atoms with Gasteiger partial charge in [0.25, 0.3) is 0 Å². The van der Waals surface area contributed by atoms with E-state index in [2.05, 4.69) is 43.2 Å². The van der Waals surface area contributed by atoms with Gasteiger partial charge in [-0.2, -0.15) is 5.10 Å². The van der Waals surface area contributed by atoms with E-state index in [9.17, 15) is 9.59 Å². The molecule has 0 aliphatic heterocycles. The minimum atomic E-state index is -0.159. The summed E-state index contributed by atoms with van der Waals surface area (Å²) in [5, 5.41) is 23.6. The molecular formula is C27H30N6O3S. The van der Waals surface area contributed by atoms with Crippen LogP contribution in [0.1, 0.15) is 48.4 Å². The van der Waals surface area contributed by atoms with Gasteiger partial charge in [0.05, 0.1) is 25.6 Å². The molecule has 2 N–H and O–H groups in total. The molecule has 0 unspecified atom stereocenters. The molecule has 2 heterocycles. The molecule has 1 aliphatic rings. The molecule has 0 saturated heterocycles. The number of aromatic nitrogens is 4. The van der Waals surface area contributed by atoms with Crippen LogP contribution >= 0.6 is 11.3 Å². The molecule has 0 saturated carbocycles. The predicted octanol–water partition coefficient (Wildman–Crippen LogP) is 4.69. The fourth-order valence-electron chi connectivity index (χ4n) is 3.90. The van der Waals surface area contributed by atoms with E-state index in [0.717, 1.165) is 60.4 Å². The second-order valence-corrected chi connectivity index (χ2v) is 9.70. The van der Waals surface area contributed by atoms with Crippen molar-refractivity contribution in [3.63, 3.8) is 0 Å². The zero-order valence-electron chi connectivity index (χ0n) is 20.8. The first kappa shape index (κ1) is 26.2. The quantitative estimate of drug-likeness (QED) is 0.334. The summed E-state index contributed by atoms with van der Waals surface area (Å²) in [6.45, 7) is 0. The highest BCUT2D eigenvalue weighted by Crippen LogP contribution is 2.21. The average molecular weight is 519 g/mol. The number of hydrogen-bond acceptors (Lipinski definition) is 8. The van der Waals surface area contributed by atoms with Gasteiger partial charge in [-0.15, -0.1) is 15.3 Å². The van der Waals surface area contributed by atoms with Gasteiger partial charge in [-0.3, -0.25) is 9.59 Å². The number of methoxy groups -OCH3 is 1. The molecular weight excluding hydrogens is 488 g/mol. The number of allylic oxidation sites excluding steroid dienone is 3. The van der Waals surface area contributed by atoms with Crippen molar-refractivity contribution in [2.24, 2.45) is 0 Å². The number of ether oxygens (including phenoxy) is 1. The number of anilines is 2. The van der Waals surface area contributed by atoms with E-state index >= 15 is 0 Å². The fourth-order valence-corrected chi connectivity index (χ4v) is 4.70. The van der Waals surface area contributed by atoms with Crippen LogP contribution in [0.3, 0.4) is 0 Å². The largest absolute Gasteiger partial charge is 0.496 e. The number of hydrogen-bond donors (Lipinski definition) is 2. The Morgan fingerprint density at radius 3 is 2.54 bits per heavy atom. The van der Waals surface area contributed by atoms with Crippen LogP contribution in [0.15, 0.2) is 60.2 Å². The molecule has 0 radical (unpaired) electrons. The summed E-state index contributed by atoms with van der Waals surface area (Å²) < 4.78 is 5.30. The second-order valence-electron chi connectivity index (χ2n) is 8.64. The third-order valence-corrected chi connectivity index (χ3v) is 6.65. The first-order valence-electron chi connectivity index (χ1n) is 12.3. The Hall–Kier alpha value is -3.92. The first-order valence-corrected chi connectivity index (χ1v) is 13.1. The zero-order chi connectivity index (χ0) is 25.9. The molecule has 2 aromatic heterocycles. The number of nitrogens with one attached hydrogen (secondary N) is 2. The Kier molecular flexibility index (Phi) is 9.47.